The molecular formula is C27H22N2O7S. The summed E-state index contributed by atoms with van der Waals surface area (Å²) in [4.78, 5) is 49.7. The zero-order valence-electron chi connectivity index (χ0n) is 19.8. The van der Waals surface area contributed by atoms with E-state index in [1.54, 1.807) is 79.7 Å². The summed E-state index contributed by atoms with van der Waals surface area (Å²) in [5.74, 6) is -0.121. The van der Waals surface area contributed by atoms with E-state index in [2.05, 4.69) is 0 Å². The molecule has 1 aliphatic heterocycles. The van der Waals surface area contributed by atoms with Crippen molar-refractivity contribution in [1.29, 1.82) is 0 Å². The Kier molecular flexibility index (Phi) is 7.99. The highest BCUT2D eigenvalue weighted by Crippen LogP contribution is 2.35. The molecular weight excluding hydrogens is 496 g/mol. The number of amides is 2. The minimum absolute atomic E-state index is 0.0368. The third kappa shape index (κ3) is 6.04. The minimum Gasteiger partial charge on any atom is -0.490 e. The second-order valence-corrected chi connectivity index (χ2v) is 8.86. The first-order valence-electron chi connectivity index (χ1n) is 11.3. The highest BCUT2D eigenvalue weighted by Gasteiger charge is 2.36. The summed E-state index contributed by atoms with van der Waals surface area (Å²) < 4.78 is 11.5. The molecule has 10 heteroatoms. The number of hydrogen-bond acceptors (Lipinski definition) is 8. The van der Waals surface area contributed by atoms with Gasteiger partial charge in [-0.2, -0.15) is 0 Å². The van der Waals surface area contributed by atoms with E-state index in [1.165, 1.54) is 6.07 Å². The highest BCUT2D eigenvalue weighted by atomic mass is 32.2. The van der Waals surface area contributed by atoms with Crippen molar-refractivity contribution in [3.05, 3.63) is 105 Å². The number of Topliss-reactive ketones (excluding diaryl/α,β-unsaturated/α-hetero) is 1. The zero-order valence-corrected chi connectivity index (χ0v) is 20.6. The maximum atomic E-state index is 12.9. The van der Waals surface area contributed by atoms with Crippen LogP contribution in [0.25, 0.3) is 6.08 Å². The van der Waals surface area contributed by atoms with E-state index in [4.69, 9.17) is 9.47 Å². The van der Waals surface area contributed by atoms with Gasteiger partial charge in [0, 0.05) is 11.6 Å². The number of carbonyl (C=O) groups is 3. The van der Waals surface area contributed by atoms with Crippen LogP contribution in [0.4, 0.5) is 10.5 Å². The first-order chi connectivity index (χ1) is 17.9. The summed E-state index contributed by atoms with van der Waals surface area (Å²) in [5, 5.41) is 10.7. The van der Waals surface area contributed by atoms with Crippen LogP contribution in [0.15, 0.2) is 77.7 Å². The maximum absolute atomic E-state index is 12.9. The topological polar surface area (TPSA) is 116 Å². The van der Waals surface area contributed by atoms with Gasteiger partial charge in [0.2, 0.25) is 0 Å². The molecule has 0 bridgehead atoms. The minimum atomic E-state index is -0.547. The summed E-state index contributed by atoms with van der Waals surface area (Å²) in [6.45, 7) is 1.76. The molecule has 1 aliphatic rings. The van der Waals surface area contributed by atoms with Gasteiger partial charge < -0.3 is 9.47 Å². The molecule has 0 aromatic heterocycles. The Morgan fingerprint density at radius 1 is 1.00 bits per heavy atom. The Bertz CT molecular complexity index is 1390. The molecule has 1 saturated heterocycles. The number of thioether (sulfide) groups is 1. The molecule has 188 valence electrons. The molecule has 0 spiro atoms. The molecule has 1 fully saturated rings. The van der Waals surface area contributed by atoms with Crippen molar-refractivity contribution in [2.45, 2.75) is 13.5 Å². The molecule has 9 nitrogen and oxygen atoms in total. The monoisotopic (exact) mass is 518 g/mol. The smallest absolute Gasteiger partial charge is 0.293 e. The number of carbonyl (C=O) groups excluding carboxylic acids is 3. The van der Waals surface area contributed by atoms with Crippen molar-refractivity contribution >= 4 is 40.5 Å². The number of nitro benzene ring substituents is 1. The Morgan fingerprint density at radius 3 is 2.46 bits per heavy atom. The van der Waals surface area contributed by atoms with E-state index in [-0.39, 0.29) is 29.5 Å². The van der Waals surface area contributed by atoms with Crippen LogP contribution in [0, 0.1) is 10.1 Å². The number of rotatable bonds is 10. The summed E-state index contributed by atoms with van der Waals surface area (Å²) in [6.07, 6.45) is 1.55. The standard InChI is InChI=1S/C27H22N2O7S/c1-2-35-24-14-18(12-13-23(24)36-17-20-10-6-7-11-21(20)29(33)34)15-25-26(31)28(27(32)37-25)16-22(30)19-8-4-3-5-9-19/h3-15H,2,16-17H2,1H3/b25-15+. The SMILES string of the molecule is CCOc1cc(/C=C2/SC(=O)N(CC(=O)c3ccccc3)C2=O)ccc1OCc1ccccc1[N+](=O)[O-]. The van der Waals surface area contributed by atoms with E-state index in [0.29, 0.717) is 34.8 Å². The van der Waals surface area contributed by atoms with Crippen LogP contribution in [0.2, 0.25) is 0 Å². The van der Waals surface area contributed by atoms with Gasteiger partial charge in [0.15, 0.2) is 17.3 Å². The van der Waals surface area contributed by atoms with Gasteiger partial charge in [-0.15, -0.1) is 0 Å². The molecule has 0 N–H and O–H groups in total. The Labute approximate surface area is 216 Å². The molecule has 2 amide bonds. The molecule has 0 unspecified atom stereocenters. The van der Waals surface area contributed by atoms with Crippen LogP contribution >= 0.6 is 11.8 Å². The molecule has 0 radical (unpaired) electrons. The summed E-state index contributed by atoms with van der Waals surface area (Å²) in [5.41, 5.74) is 1.38. The number of hydrogen-bond donors (Lipinski definition) is 0. The zero-order chi connectivity index (χ0) is 26.4. The van der Waals surface area contributed by atoms with E-state index in [0.717, 1.165) is 16.7 Å². The van der Waals surface area contributed by atoms with Crippen LogP contribution in [-0.2, 0) is 11.4 Å². The van der Waals surface area contributed by atoms with Crippen LogP contribution < -0.4 is 9.47 Å². The Morgan fingerprint density at radius 2 is 1.73 bits per heavy atom. The molecule has 3 aromatic rings. The second-order valence-electron chi connectivity index (χ2n) is 7.87. The van der Waals surface area contributed by atoms with E-state index >= 15 is 0 Å². The molecule has 3 aromatic carbocycles. The fourth-order valence-electron chi connectivity index (χ4n) is 3.62. The predicted octanol–water partition coefficient (Wildman–Crippen LogP) is 5.49. The van der Waals surface area contributed by atoms with E-state index in [1.807, 2.05) is 0 Å². The average molecular weight is 519 g/mol. The van der Waals surface area contributed by atoms with Crippen molar-refractivity contribution in [3.8, 4) is 11.5 Å². The first kappa shape index (κ1) is 25.6. The molecule has 1 heterocycles. The second kappa shape index (κ2) is 11.5. The number of ketones is 1. The number of imide groups is 1. The summed E-state index contributed by atoms with van der Waals surface area (Å²) in [7, 11) is 0. The van der Waals surface area contributed by atoms with Gasteiger partial charge in [-0.05, 0) is 48.5 Å². The van der Waals surface area contributed by atoms with Crippen molar-refractivity contribution in [1.82, 2.24) is 4.90 Å². The quantitative estimate of drug-likeness (QED) is 0.150. The molecule has 0 atom stereocenters. The number of ether oxygens (including phenoxy) is 2. The number of nitro groups is 1. The lowest BCUT2D eigenvalue weighted by Crippen LogP contribution is -2.33. The van der Waals surface area contributed by atoms with Gasteiger partial charge in [-0.1, -0.05) is 48.5 Å². The Balaban J connectivity index is 1.50. The van der Waals surface area contributed by atoms with Crippen molar-refractivity contribution < 1.29 is 28.8 Å². The number of para-hydroxylation sites is 1. The lowest BCUT2D eigenvalue weighted by atomic mass is 10.1. The van der Waals surface area contributed by atoms with Crippen molar-refractivity contribution in [3.63, 3.8) is 0 Å². The molecule has 37 heavy (non-hydrogen) atoms. The molecule has 4 rings (SSSR count). The van der Waals surface area contributed by atoms with Crippen LogP contribution in [0.1, 0.15) is 28.4 Å². The predicted molar refractivity (Wildman–Crippen MR) is 138 cm³/mol. The lowest BCUT2D eigenvalue weighted by molar-refractivity contribution is -0.385. The third-order valence-corrected chi connectivity index (χ3v) is 6.32. The number of benzene rings is 3. The van der Waals surface area contributed by atoms with Gasteiger partial charge >= 0.3 is 0 Å². The largest absolute Gasteiger partial charge is 0.490 e. The van der Waals surface area contributed by atoms with Crippen molar-refractivity contribution in [2.75, 3.05) is 13.2 Å². The van der Waals surface area contributed by atoms with E-state index in [9.17, 15) is 24.5 Å². The Hall–Kier alpha value is -4.44. The average Bonchev–Trinajstić information content (AvgIpc) is 3.16. The van der Waals surface area contributed by atoms with Crippen LogP contribution in [0.5, 0.6) is 11.5 Å². The van der Waals surface area contributed by atoms with Gasteiger partial charge in [0.05, 0.1) is 28.5 Å². The van der Waals surface area contributed by atoms with Crippen LogP contribution in [0.3, 0.4) is 0 Å². The first-order valence-corrected chi connectivity index (χ1v) is 12.1. The van der Waals surface area contributed by atoms with Crippen molar-refractivity contribution in [2.24, 2.45) is 0 Å². The fourth-order valence-corrected chi connectivity index (χ4v) is 4.45. The fraction of sp³-hybridized carbons (Fsp3) is 0.148. The summed E-state index contributed by atoms with van der Waals surface area (Å²) >= 11 is 0.759. The van der Waals surface area contributed by atoms with Crippen LogP contribution in [-0.4, -0.2) is 39.9 Å². The van der Waals surface area contributed by atoms with E-state index < -0.39 is 16.1 Å². The van der Waals surface area contributed by atoms with Gasteiger partial charge in [-0.25, -0.2) is 0 Å². The lowest BCUT2D eigenvalue weighted by Gasteiger charge is -2.13. The molecule has 0 aliphatic carbocycles. The maximum Gasteiger partial charge on any atom is 0.293 e. The van der Waals surface area contributed by atoms with Gasteiger partial charge in [-0.3, -0.25) is 29.4 Å². The van der Waals surface area contributed by atoms with Gasteiger partial charge in [0.1, 0.15) is 6.61 Å². The highest BCUT2D eigenvalue weighted by molar-refractivity contribution is 8.18. The molecule has 0 saturated carbocycles. The summed E-state index contributed by atoms with van der Waals surface area (Å²) in [6, 6.07) is 19.7. The number of nitrogens with zero attached hydrogens (tertiary/aromatic N) is 2. The third-order valence-electron chi connectivity index (χ3n) is 5.41. The normalized spacial score (nSPS) is 14.2. The van der Waals surface area contributed by atoms with Gasteiger partial charge in [0.25, 0.3) is 16.8 Å².